The molecule has 0 atom stereocenters. The van der Waals surface area contributed by atoms with Gasteiger partial charge in [0.15, 0.2) is 10.7 Å². The summed E-state index contributed by atoms with van der Waals surface area (Å²) in [5.74, 6) is -0.738. The van der Waals surface area contributed by atoms with Crippen LogP contribution in [0.5, 0.6) is 0 Å². The highest BCUT2D eigenvalue weighted by Gasteiger charge is 2.16. The van der Waals surface area contributed by atoms with Crippen molar-refractivity contribution in [2.24, 2.45) is 5.73 Å². The van der Waals surface area contributed by atoms with Crippen LogP contribution in [0.15, 0.2) is 42.6 Å². The Morgan fingerprint density at radius 3 is 2.70 bits per heavy atom. The number of nitrogens with one attached hydrogen (secondary N) is 1. The predicted molar refractivity (Wildman–Crippen MR) is 117 cm³/mol. The molecule has 0 aliphatic rings. The van der Waals surface area contributed by atoms with Crippen molar-refractivity contribution >= 4 is 38.2 Å². The van der Waals surface area contributed by atoms with Gasteiger partial charge in [0, 0.05) is 36.4 Å². The molecule has 0 unspecified atom stereocenters. The number of unbranched alkanes of at least 4 members (excludes halogenated alkanes) is 1. The van der Waals surface area contributed by atoms with Crippen LogP contribution in [0.2, 0.25) is 0 Å². The van der Waals surface area contributed by atoms with Crippen molar-refractivity contribution in [3.8, 4) is 11.3 Å². The summed E-state index contributed by atoms with van der Waals surface area (Å²) in [6.45, 7) is 0.589. The lowest BCUT2D eigenvalue weighted by Gasteiger charge is -2.03. The molecule has 1 amide bonds. The number of carbonyl (C=O) groups is 2. The minimum Gasteiger partial charge on any atom is -0.355 e. The third kappa shape index (κ3) is 3.71. The molecule has 0 spiro atoms. The van der Waals surface area contributed by atoms with Gasteiger partial charge in [0.1, 0.15) is 5.82 Å². The van der Waals surface area contributed by atoms with Gasteiger partial charge in [0.05, 0.1) is 15.9 Å². The Balaban J connectivity index is 1.65. The van der Waals surface area contributed by atoms with Gasteiger partial charge in [0.2, 0.25) is 0 Å². The van der Waals surface area contributed by atoms with Crippen LogP contribution in [0.4, 0.5) is 4.39 Å². The van der Waals surface area contributed by atoms with Crippen LogP contribution in [0.3, 0.4) is 0 Å². The number of nitrogens with zero attached hydrogens (tertiary/aromatic N) is 2. The second-order valence-electron chi connectivity index (χ2n) is 7.01. The first kappa shape index (κ1) is 20.2. The molecule has 2 aromatic carbocycles. The summed E-state index contributed by atoms with van der Waals surface area (Å²) < 4.78 is 17.4. The minimum atomic E-state index is -0.503. The second-order valence-corrected chi connectivity index (χ2v) is 8.02. The van der Waals surface area contributed by atoms with Crippen LogP contribution in [0, 0.1) is 5.82 Å². The number of ketones is 1. The Morgan fingerprint density at radius 2 is 1.97 bits per heavy atom. The van der Waals surface area contributed by atoms with E-state index in [9.17, 15) is 14.0 Å². The number of benzene rings is 2. The van der Waals surface area contributed by atoms with E-state index >= 15 is 0 Å². The lowest BCUT2D eigenvalue weighted by atomic mass is 10.1. The van der Waals surface area contributed by atoms with Crippen LogP contribution < -0.4 is 11.1 Å². The molecule has 30 heavy (non-hydrogen) atoms. The Kier molecular flexibility index (Phi) is 5.61. The van der Waals surface area contributed by atoms with Gasteiger partial charge in [-0.3, -0.25) is 14.0 Å². The first-order chi connectivity index (χ1) is 14.5. The highest BCUT2D eigenvalue weighted by molar-refractivity contribution is 7.23. The zero-order valence-corrected chi connectivity index (χ0v) is 17.3. The molecule has 0 aliphatic carbocycles. The summed E-state index contributed by atoms with van der Waals surface area (Å²) in [6, 6.07) is 9.95. The summed E-state index contributed by atoms with van der Waals surface area (Å²) >= 11 is 1.45. The number of halogens is 1. The Hall–Kier alpha value is -3.10. The van der Waals surface area contributed by atoms with Crippen LogP contribution in [-0.4, -0.2) is 34.7 Å². The van der Waals surface area contributed by atoms with E-state index in [2.05, 4.69) is 10.3 Å². The van der Waals surface area contributed by atoms with Crippen molar-refractivity contribution in [3.63, 3.8) is 0 Å². The summed E-state index contributed by atoms with van der Waals surface area (Å²) in [5, 5.41) is 2.48. The number of imidazole rings is 1. The molecule has 0 saturated carbocycles. The second kappa shape index (κ2) is 8.33. The van der Waals surface area contributed by atoms with Crippen molar-refractivity contribution < 1.29 is 14.0 Å². The smallest absolute Gasteiger partial charge is 0.251 e. The van der Waals surface area contributed by atoms with E-state index < -0.39 is 5.82 Å². The number of fused-ring (bicyclic) bond motifs is 3. The van der Waals surface area contributed by atoms with E-state index in [1.165, 1.54) is 24.5 Å². The molecule has 0 radical (unpaired) electrons. The number of Topliss-reactive ketones (excluding diaryl/α,β-unsaturated/α-hetero) is 1. The third-order valence-corrected chi connectivity index (χ3v) is 6.03. The average molecular weight is 425 g/mol. The van der Waals surface area contributed by atoms with E-state index in [1.54, 1.807) is 18.3 Å². The zero-order valence-electron chi connectivity index (χ0n) is 16.4. The number of hydrogen-bond donors (Lipinski definition) is 2. The van der Waals surface area contributed by atoms with Crippen molar-refractivity contribution in [1.29, 1.82) is 0 Å². The van der Waals surface area contributed by atoms with Crippen molar-refractivity contribution in [2.75, 3.05) is 13.6 Å². The van der Waals surface area contributed by atoms with Crippen LogP contribution in [0.25, 0.3) is 26.4 Å². The number of carbonyl (C=O) groups excluding carboxylic acids is 2. The molecule has 4 rings (SSSR count). The molecule has 0 fully saturated rings. The zero-order chi connectivity index (χ0) is 21.3. The fraction of sp³-hybridized carbons (Fsp3) is 0.227. The summed E-state index contributed by atoms with van der Waals surface area (Å²) in [7, 11) is 1.50. The maximum atomic E-state index is 14.6. The van der Waals surface area contributed by atoms with E-state index in [0.717, 1.165) is 23.1 Å². The van der Waals surface area contributed by atoms with Gasteiger partial charge in [-0.2, -0.15) is 0 Å². The number of aromatic nitrogens is 2. The van der Waals surface area contributed by atoms with E-state index in [0.29, 0.717) is 34.7 Å². The third-order valence-electron chi connectivity index (χ3n) is 5.01. The number of rotatable bonds is 7. The summed E-state index contributed by atoms with van der Waals surface area (Å²) in [6.07, 6.45) is 3.88. The number of thiazole rings is 1. The van der Waals surface area contributed by atoms with Crippen LogP contribution >= 0.6 is 11.3 Å². The van der Waals surface area contributed by atoms with E-state index in [4.69, 9.17) is 5.73 Å². The maximum Gasteiger partial charge on any atom is 0.251 e. The standard InChI is InChI=1S/C22H21FN4O2S/c1-25-21(29)14-5-7-15(16(23)10-14)17-12-27-18-8-6-13(19(28)4-2-3-9-24)11-20(18)30-22(27)26-17/h5-8,10-12H,2-4,9,24H2,1H3,(H,25,29). The highest BCUT2D eigenvalue weighted by Crippen LogP contribution is 2.31. The molecule has 8 heteroatoms. The van der Waals surface area contributed by atoms with Gasteiger partial charge in [-0.25, -0.2) is 9.37 Å². The normalized spacial score (nSPS) is 11.3. The fourth-order valence-corrected chi connectivity index (χ4v) is 4.43. The minimum absolute atomic E-state index is 0.107. The predicted octanol–water partition coefficient (Wildman–Crippen LogP) is 4.03. The van der Waals surface area contributed by atoms with Crippen molar-refractivity contribution in [1.82, 2.24) is 14.7 Å². The first-order valence-corrected chi connectivity index (χ1v) is 10.5. The molecule has 2 heterocycles. The van der Waals surface area contributed by atoms with Gasteiger partial charge in [0.25, 0.3) is 5.91 Å². The van der Waals surface area contributed by atoms with Gasteiger partial charge in [-0.05, 0) is 55.8 Å². The molecule has 3 N–H and O–H groups in total. The fourth-order valence-electron chi connectivity index (χ4n) is 3.39. The number of amides is 1. The number of nitrogens with two attached hydrogens (primary N) is 1. The molecular weight excluding hydrogens is 403 g/mol. The van der Waals surface area contributed by atoms with E-state index in [-0.39, 0.29) is 17.3 Å². The Bertz CT molecular complexity index is 1260. The molecule has 0 bridgehead atoms. The van der Waals surface area contributed by atoms with Crippen molar-refractivity contribution in [2.45, 2.75) is 19.3 Å². The summed E-state index contributed by atoms with van der Waals surface area (Å²) in [4.78, 5) is 29.3. The van der Waals surface area contributed by atoms with Crippen LogP contribution in [-0.2, 0) is 0 Å². The average Bonchev–Trinajstić information content (AvgIpc) is 3.30. The molecule has 4 aromatic rings. The van der Waals surface area contributed by atoms with Gasteiger partial charge in [-0.15, -0.1) is 0 Å². The molecule has 6 nitrogen and oxygen atoms in total. The SMILES string of the molecule is CNC(=O)c1ccc(-c2cn3c(n2)sc2cc(C(=O)CCCCN)ccc23)c(F)c1. The summed E-state index contributed by atoms with van der Waals surface area (Å²) in [5.41, 5.74) is 8.16. The molecular formula is C22H21FN4O2S. The van der Waals surface area contributed by atoms with Crippen molar-refractivity contribution in [3.05, 3.63) is 59.5 Å². The molecule has 154 valence electrons. The topological polar surface area (TPSA) is 89.5 Å². The van der Waals surface area contributed by atoms with Gasteiger partial charge >= 0.3 is 0 Å². The molecule has 0 aliphatic heterocycles. The first-order valence-electron chi connectivity index (χ1n) is 9.68. The molecule has 0 saturated heterocycles. The maximum absolute atomic E-state index is 14.6. The van der Waals surface area contributed by atoms with Gasteiger partial charge in [-0.1, -0.05) is 11.3 Å². The lowest BCUT2D eigenvalue weighted by molar-refractivity contribution is 0.0959. The largest absolute Gasteiger partial charge is 0.355 e. The molecule has 2 aromatic heterocycles. The number of hydrogen-bond acceptors (Lipinski definition) is 5. The Labute approximate surface area is 176 Å². The van der Waals surface area contributed by atoms with Crippen LogP contribution in [0.1, 0.15) is 40.0 Å². The lowest BCUT2D eigenvalue weighted by Crippen LogP contribution is -2.17. The Morgan fingerprint density at radius 1 is 1.17 bits per heavy atom. The monoisotopic (exact) mass is 424 g/mol. The van der Waals surface area contributed by atoms with E-state index in [1.807, 2.05) is 22.6 Å². The highest BCUT2D eigenvalue weighted by atomic mass is 32.1. The van der Waals surface area contributed by atoms with Gasteiger partial charge < -0.3 is 11.1 Å². The quantitative estimate of drug-likeness (QED) is 0.346.